The summed E-state index contributed by atoms with van der Waals surface area (Å²) in [4.78, 5) is 42.4. The van der Waals surface area contributed by atoms with Crippen LogP contribution >= 0.6 is 11.6 Å². The van der Waals surface area contributed by atoms with Crippen molar-refractivity contribution in [2.75, 3.05) is 0 Å². The van der Waals surface area contributed by atoms with Crippen molar-refractivity contribution < 1.29 is 32.2 Å². The first-order valence-corrected chi connectivity index (χ1v) is 12.1. The Morgan fingerprint density at radius 1 is 1.20 bits per heavy atom. The molecule has 0 radical (unpaired) electrons. The van der Waals surface area contributed by atoms with E-state index in [1.807, 2.05) is 0 Å². The van der Waals surface area contributed by atoms with Crippen LogP contribution in [0, 0.1) is 11.8 Å². The molecule has 1 aliphatic carbocycles. The summed E-state index contributed by atoms with van der Waals surface area (Å²) in [5, 5.41) is 0.487. The van der Waals surface area contributed by atoms with Gasteiger partial charge in [-0.15, -0.1) is 13.2 Å². The number of aryl methyl sites for hydroxylation is 1. The lowest BCUT2D eigenvalue weighted by Gasteiger charge is -2.15. The van der Waals surface area contributed by atoms with Crippen LogP contribution in [0.4, 0.5) is 13.2 Å². The standard InChI is InChI=1S/C26H22ClF3N4O6/c1-15(38-16(2)35)13-34-23(36)21-22(32(3)25(34)37)31-24(33(21)14-17-7-9-18(27)10-8-17)39-19-5-4-6-20(12-11-19)40-26(28,29)30/h4-10,15,20H,13-14H2,1-3H3/t15-,20?/m0/s1. The second-order valence-corrected chi connectivity index (χ2v) is 9.16. The molecule has 14 heteroatoms. The van der Waals surface area contributed by atoms with Gasteiger partial charge in [0.2, 0.25) is 0 Å². The lowest BCUT2D eigenvalue weighted by Crippen LogP contribution is -2.42. The fourth-order valence-corrected chi connectivity index (χ4v) is 4.06. The van der Waals surface area contributed by atoms with Gasteiger partial charge in [0.05, 0.1) is 13.1 Å². The van der Waals surface area contributed by atoms with E-state index in [4.69, 9.17) is 21.1 Å². The van der Waals surface area contributed by atoms with Crippen LogP contribution in [0.2, 0.25) is 5.02 Å². The third kappa shape index (κ3) is 6.64. The molecule has 0 N–H and O–H groups in total. The summed E-state index contributed by atoms with van der Waals surface area (Å²) in [5.74, 6) is 4.13. The highest BCUT2D eigenvalue weighted by molar-refractivity contribution is 6.30. The van der Waals surface area contributed by atoms with Gasteiger partial charge in [0.25, 0.3) is 5.56 Å². The predicted molar refractivity (Wildman–Crippen MR) is 138 cm³/mol. The monoisotopic (exact) mass is 578 g/mol. The van der Waals surface area contributed by atoms with Gasteiger partial charge in [-0.3, -0.25) is 28.0 Å². The molecule has 0 amide bonds. The molecule has 0 fully saturated rings. The normalized spacial score (nSPS) is 15.7. The number of benzene rings is 1. The number of rotatable bonds is 8. The maximum Gasteiger partial charge on any atom is 0.524 e. The zero-order chi connectivity index (χ0) is 29.2. The van der Waals surface area contributed by atoms with E-state index in [0.29, 0.717) is 10.6 Å². The molecule has 2 atom stereocenters. The van der Waals surface area contributed by atoms with Crippen molar-refractivity contribution in [1.29, 1.82) is 0 Å². The van der Waals surface area contributed by atoms with E-state index in [1.165, 1.54) is 37.6 Å². The molecule has 0 aliphatic heterocycles. The maximum absolute atomic E-state index is 13.6. The average Bonchev–Trinajstić information content (AvgIpc) is 3.06. The largest absolute Gasteiger partial charge is 0.524 e. The molecule has 4 rings (SSSR count). The Hall–Kier alpha value is -4.28. The van der Waals surface area contributed by atoms with Crippen LogP contribution in [0.1, 0.15) is 19.4 Å². The van der Waals surface area contributed by atoms with Crippen LogP contribution in [0.25, 0.3) is 11.2 Å². The molecule has 40 heavy (non-hydrogen) atoms. The number of ether oxygens (including phenoxy) is 3. The van der Waals surface area contributed by atoms with Crippen molar-refractivity contribution in [3.05, 3.63) is 79.7 Å². The number of carbonyl (C=O) groups excluding carboxylic acids is 1. The number of nitrogens with zero attached hydrogens (tertiary/aromatic N) is 4. The van der Waals surface area contributed by atoms with E-state index in [2.05, 4.69) is 21.6 Å². The first-order valence-electron chi connectivity index (χ1n) is 11.8. The molecule has 3 aromatic rings. The summed E-state index contributed by atoms with van der Waals surface area (Å²) >= 11 is 6.00. The van der Waals surface area contributed by atoms with Crippen molar-refractivity contribution >= 4 is 28.7 Å². The lowest BCUT2D eigenvalue weighted by molar-refractivity contribution is -0.329. The fourth-order valence-electron chi connectivity index (χ4n) is 3.93. The number of esters is 1. The Balaban J connectivity index is 1.82. The third-order valence-corrected chi connectivity index (χ3v) is 5.84. The summed E-state index contributed by atoms with van der Waals surface area (Å²) in [7, 11) is 1.41. The van der Waals surface area contributed by atoms with E-state index < -0.39 is 35.8 Å². The Kier molecular flexibility index (Phi) is 8.22. The van der Waals surface area contributed by atoms with Crippen LogP contribution < -0.4 is 16.0 Å². The van der Waals surface area contributed by atoms with E-state index >= 15 is 0 Å². The van der Waals surface area contributed by atoms with Gasteiger partial charge in [-0.05, 0) is 42.7 Å². The first kappa shape index (κ1) is 28.7. The number of imidazole rings is 1. The molecular weight excluding hydrogens is 557 g/mol. The molecular formula is C26H22ClF3N4O6. The number of aromatic nitrogens is 4. The number of allylic oxidation sites excluding steroid dienone is 3. The minimum Gasteiger partial charge on any atom is -0.461 e. The summed E-state index contributed by atoms with van der Waals surface area (Å²) in [6, 6.07) is 6.58. The molecule has 0 bridgehead atoms. The second-order valence-electron chi connectivity index (χ2n) is 8.73. The number of halogens is 4. The van der Waals surface area contributed by atoms with E-state index in [0.717, 1.165) is 15.2 Å². The Bertz CT molecular complexity index is 1690. The van der Waals surface area contributed by atoms with Gasteiger partial charge in [0, 0.05) is 19.0 Å². The number of alkyl halides is 3. The van der Waals surface area contributed by atoms with Crippen molar-refractivity contribution in [2.45, 2.75) is 45.5 Å². The minimum atomic E-state index is -4.89. The van der Waals surface area contributed by atoms with Crippen molar-refractivity contribution in [2.24, 2.45) is 7.05 Å². The topological polar surface area (TPSA) is 107 Å². The number of hydrogen-bond acceptors (Lipinski definition) is 7. The highest BCUT2D eigenvalue weighted by Gasteiger charge is 2.32. The highest BCUT2D eigenvalue weighted by atomic mass is 35.5. The molecule has 210 valence electrons. The number of fused-ring (bicyclic) bond motifs is 1. The van der Waals surface area contributed by atoms with Crippen molar-refractivity contribution in [1.82, 2.24) is 18.7 Å². The highest BCUT2D eigenvalue weighted by Crippen LogP contribution is 2.24. The van der Waals surface area contributed by atoms with E-state index in [9.17, 15) is 27.6 Å². The molecule has 0 spiro atoms. The zero-order valence-corrected chi connectivity index (χ0v) is 22.1. The van der Waals surface area contributed by atoms with Crippen molar-refractivity contribution in [3.63, 3.8) is 0 Å². The van der Waals surface area contributed by atoms with Gasteiger partial charge in [-0.25, -0.2) is 4.79 Å². The summed E-state index contributed by atoms with van der Waals surface area (Å²) in [5.41, 5.74) is -0.735. The number of hydrogen-bond donors (Lipinski definition) is 0. The predicted octanol–water partition coefficient (Wildman–Crippen LogP) is 3.29. The van der Waals surface area contributed by atoms with Crippen LogP contribution in [0.15, 0.2) is 57.8 Å². The molecule has 1 aromatic carbocycles. The Labute approximate surface area is 229 Å². The second kappa shape index (κ2) is 11.4. The van der Waals surface area contributed by atoms with Gasteiger partial charge in [-0.2, -0.15) is 4.98 Å². The summed E-state index contributed by atoms with van der Waals surface area (Å²) in [6.45, 7) is 2.58. The molecule has 0 saturated carbocycles. The third-order valence-electron chi connectivity index (χ3n) is 5.59. The van der Waals surface area contributed by atoms with Crippen LogP contribution in [0.3, 0.4) is 0 Å². The van der Waals surface area contributed by atoms with E-state index in [1.54, 1.807) is 24.3 Å². The first-order chi connectivity index (χ1) is 18.8. The Morgan fingerprint density at radius 2 is 1.90 bits per heavy atom. The van der Waals surface area contributed by atoms with Crippen LogP contribution in [-0.2, 0) is 34.4 Å². The van der Waals surface area contributed by atoms with Gasteiger partial charge in [0.1, 0.15) is 12.2 Å². The smallest absolute Gasteiger partial charge is 0.461 e. The fraction of sp³-hybridized carbons (Fsp3) is 0.308. The Morgan fingerprint density at radius 3 is 2.55 bits per heavy atom. The van der Waals surface area contributed by atoms with Gasteiger partial charge >= 0.3 is 24.0 Å². The average molecular weight is 579 g/mol. The summed E-state index contributed by atoms with van der Waals surface area (Å²) < 4.78 is 56.2. The molecule has 1 unspecified atom stereocenters. The lowest BCUT2D eigenvalue weighted by atomic mass is 10.2. The van der Waals surface area contributed by atoms with Gasteiger partial charge in [-0.1, -0.05) is 35.7 Å². The van der Waals surface area contributed by atoms with Crippen LogP contribution in [-0.4, -0.2) is 43.2 Å². The molecule has 0 saturated heterocycles. The van der Waals surface area contributed by atoms with Crippen molar-refractivity contribution in [3.8, 4) is 17.9 Å². The molecule has 2 heterocycles. The van der Waals surface area contributed by atoms with Gasteiger partial charge < -0.3 is 9.47 Å². The number of carbonyl (C=O) groups is 1. The summed E-state index contributed by atoms with van der Waals surface area (Å²) in [6.07, 6.45) is -3.55. The SMILES string of the molecule is CC(=O)O[C@@H](C)Cn1c(=O)c2c(nc(OC3=CC=CC(OC(F)(F)F)C#C3)n2Cc2ccc(Cl)cc2)n(C)c1=O. The van der Waals surface area contributed by atoms with Crippen LogP contribution in [0.5, 0.6) is 6.01 Å². The molecule has 10 nitrogen and oxygen atoms in total. The van der Waals surface area contributed by atoms with Gasteiger partial charge in [0.15, 0.2) is 16.9 Å². The quantitative estimate of drug-likeness (QED) is 0.298. The minimum absolute atomic E-state index is 0.00178. The molecule has 1 aliphatic rings. The van der Waals surface area contributed by atoms with E-state index in [-0.39, 0.29) is 36.0 Å². The molecule has 2 aromatic heterocycles. The maximum atomic E-state index is 13.6. The zero-order valence-electron chi connectivity index (χ0n) is 21.4.